The van der Waals surface area contributed by atoms with E-state index in [9.17, 15) is 0 Å². The highest BCUT2D eigenvalue weighted by Crippen LogP contribution is 2.15. The maximum atomic E-state index is 5.08. The van der Waals surface area contributed by atoms with Gasteiger partial charge in [0.1, 0.15) is 4.99 Å². The number of rotatable bonds is 2. The van der Waals surface area contributed by atoms with E-state index < -0.39 is 0 Å². The van der Waals surface area contributed by atoms with Crippen molar-refractivity contribution in [1.29, 1.82) is 0 Å². The van der Waals surface area contributed by atoms with Gasteiger partial charge in [0.15, 0.2) is 0 Å². The molecule has 1 N–H and O–H groups in total. The van der Waals surface area contributed by atoms with Gasteiger partial charge in [-0.25, -0.2) is 0 Å². The standard InChI is InChI=1S/C9H11NS/c1-3-7-5-6-10-9(11)8(7)4-2/h3-4H,1-2,5-6H2,(H,10,11). The van der Waals surface area contributed by atoms with Gasteiger partial charge in [-0.3, -0.25) is 0 Å². The maximum absolute atomic E-state index is 5.08. The zero-order chi connectivity index (χ0) is 8.27. The molecule has 0 unspecified atom stereocenters. The van der Waals surface area contributed by atoms with Gasteiger partial charge in [0.2, 0.25) is 0 Å². The molecule has 0 amide bonds. The molecule has 1 aliphatic rings. The summed E-state index contributed by atoms with van der Waals surface area (Å²) in [6.45, 7) is 8.34. The highest BCUT2D eigenvalue weighted by molar-refractivity contribution is 7.80. The lowest BCUT2D eigenvalue weighted by Crippen LogP contribution is -2.29. The van der Waals surface area contributed by atoms with Gasteiger partial charge < -0.3 is 5.32 Å². The Labute approximate surface area is 72.5 Å². The molecule has 2 heteroatoms. The fourth-order valence-electron chi connectivity index (χ4n) is 1.12. The topological polar surface area (TPSA) is 12.0 Å². The number of hydrogen-bond acceptors (Lipinski definition) is 1. The van der Waals surface area contributed by atoms with Crippen LogP contribution in [0, 0.1) is 0 Å². The second-order valence-corrected chi connectivity index (χ2v) is 2.76. The first kappa shape index (κ1) is 8.21. The Hall–Kier alpha value is -0.890. The largest absolute Gasteiger partial charge is 0.375 e. The Morgan fingerprint density at radius 2 is 2.09 bits per heavy atom. The average Bonchev–Trinajstić information content (AvgIpc) is 2.04. The summed E-state index contributed by atoms with van der Waals surface area (Å²) in [4.78, 5) is 0.793. The third-order valence-electron chi connectivity index (χ3n) is 1.72. The Morgan fingerprint density at radius 1 is 1.36 bits per heavy atom. The van der Waals surface area contributed by atoms with Crippen LogP contribution in [0.4, 0.5) is 0 Å². The molecular weight excluding hydrogens is 154 g/mol. The highest BCUT2D eigenvalue weighted by atomic mass is 32.1. The summed E-state index contributed by atoms with van der Waals surface area (Å²) >= 11 is 5.08. The van der Waals surface area contributed by atoms with Crippen LogP contribution in [0.1, 0.15) is 6.42 Å². The molecule has 0 saturated heterocycles. The molecular formula is C9H11NS. The van der Waals surface area contributed by atoms with Crippen LogP contribution in [0.25, 0.3) is 0 Å². The van der Waals surface area contributed by atoms with Crippen LogP contribution in [-0.4, -0.2) is 11.5 Å². The van der Waals surface area contributed by atoms with E-state index in [-0.39, 0.29) is 0 Å². The predicted octanol–water partition coefficient (Wildman–Crippen LogP) is 1.98. The lowest BCUT2D eigenvalue weighted by molar-refractivity contribution is 0.853. The van der Waals surface area contributed by atoms with Crippen LogP contribution < -0.4 is 5.32 Å². The van der Waals surface area contributed by atoms with Crippen LogP contribution in [0.3, 0.4) is 0 Å². The summed E-state index contributed by atoms with van der Waals surface area (Å²) in [6.07, 6.45) is 4.63. The van der Waals surface area contributed by atoms with Gasteiger partial charge in [0.05, 0.1) is 0 Å². The van der Waals surface area contributed by atoms with Crippen LogP contribution in [0.2, 0.25) is 0 Å². The van der Waals surface area contributed by atoms with Gasteiger partial charge in [-0.2, -0.15) is 0 Å². The quantitative estimate of drug-likeness (QED) is 0.628. The van der Waals surface area contributed by atoms with Crippen molar-refractivity contribution in [3.63, 3.8) is 0 Å². The van der Waals surface area contributed by atoms with E-state index >= 15 is 0 Å². The normalized spacial score (nSPS) is 17.6. The zero-order valence-corrected chi connectivity index (χ0v) is 7.21. The molecule has 1 rings (SSSR count). The van der Waals surface area contributed by atoms with Gasteiger partial charge in [-0.05, 0) is 12.0 Å². The molecule has 11 heavy (non-hydrogen) atoms. The third-order valence-corrected chi connectivity index (χ3v) is 2.09. The van der Waals surface area contributed by atoms with Gasteiger partial charge in [0, 0.05) is 12.1 Å². The molecule has 0 bridgehead atoms. The molecule has 1 nitrogen and oxygen atoms in total. The Kier molecular flexibility index (Phi) is 2.60. The third kappa shape index (κ3) is 1.57. The summed E-state index contributed by atoms with van der Waals surface area (Å²) in [6, 6.07) is 0. The van der Waals surface area contributed by atoms with Crippen molar-refractivity contribution in [1.82, 2.24) is 5.32 Å². The molecule has 1 heterocycles. The molecule has 0 atom stereocenters. The fourth-order valence-corrected chi connectivity index (χ4v) is 1.44. The number of nitrogens with one attached hydrogen (secondary N) is 1. The smallest absolute Gasteiger partial charge is 0.106 e. The second-order valence-electron chi connectivity index (χ2n) is 2.35. The molecule has 58 valence electrons. The Morgan fingerprint density at radius 3 is 2.55 bits per heavy atom. The molecule has 0 spiro atoms. The van der Waals surface area contributed by atoms with Crippen molar-refractivity contribution in [3.05, 3.63) is 36.5 Å². The Bertz CT molecular complexity index is 238. The first-order chi connectivity index (χ1) is 5.29. The van der Waals surface area contributed by atoms with Crippen molar-refractivity contribution >= 4 is 17.2 Å². The molecule has 0 fully saturated rings. The first-order valence-corrected chi connectivity index (χ1v) is 3.96. The van der Waals surface area contributed by atoms with Gasteiger partial charge >= 0.3 is 0 Å². The summed E-state index contributed by atoms with van der Waals surface area (Å²) < 4.78 is 0. The highest BCUT2D eigenvalue weighted by Gasteiger charge is 2.10. The van der Waals surface area contributed by atoms with Gasteiger partial charge in [0.25, 0.3) is 0 Å². The van der Waals surface area contributed by atoms with Crippen LogP contribution >= 0.6 is 12.2 Å². The van der Waals surface area contributed by atoms with E-state index in [1.54, 1.807) is 6.08 Å². The van der Waals surface area contributed by atoms with Crippen molar-refractivity contribution in [2.75, 3.05) is 6.54 Å². The second kappa shape index (κ2) is 3.49. The molecule has 0 saturated carbocycles. The van der Waals surface area contributed by atoms with E-state index in [2.05, 4.69) is 18.5 Å². The van der Waals surface area contributed by atoms with Crippen molar-refractivity contribution < 1.29 is 0 Å². The minimum Gasteiger partial charge on any atom is -0.375 e. The lowest BCUT2D eigenvalue weighted by atomic mass is 10.0. The summed E-state index contributed by atoms with van der Waals surface area (Å²) in [5.74, 6) is 0. The molecule has 0 aromatic heterocycles. The molecule has 0 radical (unpaired) electrons. The monoisotopic (exact) mass is 165 g/mol. The first-order valence-electron chi connectivity index (χ1n) is 3.56. The van der Waals surface area contributed by atoms with Crippen LogP contribution in [0.5, 0.6) is 0 Å². The zero-order valence-electron chi connectivity index (χ0n) is 6.39. The lowest BCUT2D eigenvalue weighted by Gasteiger charge is -2.18. The fraction of sp³-hybridized carbons (Fsp3) is 0.222. The van der Waals surface area contributed by atoms with Crippen molar-refractivity contribution in [3.8, 4) is 0 Å². The van der Waals surface area contributed by atoms with Gasteiger partial charge in [-0.1, -0.05) is 37.5 Å². The van der Waals surface area contributed by atoms with E-state index in [4.69, 9.17) is 12.2 Å². The number of thiocarbonyl (C=S) groups is 1. The van der Waals surface area contributed by atoms with E-state index in [0.29, 0.717) is 0 Å². The van der Waals surface area contributed by atoms with E-state index in [1.165, 1.54) is 5.57 Å². The van der Waals surface area contributed by atoms with Crippen LogP contribution in [-0.2, 0) is 0 Å². The molecule has 1 aliphatic heterocycles. The molecule has 0 aromatic rings. The minimum atomic E-state index is 0.793. The molecule has 0 aromatic carbocycles. The summed E-state index contributed by atoms with van der Waals surface area (Å²) in [5.41, 5.74) is 2.23. The van der Waals surface area contributed by atoms with Crippen molar-refractivity contribution in [2.45, 2.75) is 6.42 Å². The van der Waals surface area contributed by atoms with E-state index in [0.717, 1.165) is 23.5 Å². The predicted molar refractivity (Wildman–Crippen MR) is 52.6 cm³/mol. The summed E-state index contributed by atoms with van der Waals surface area (Å²) in [7, 11) is 0. The SMILES string of the molecule is C=CC1=C(C=C)C(=S)NCC1. The Balaban J connectivity index is 3.04. The molecule has 0 aliphatic carbocycles. The number of hydrogen-bond donors (Lipinski definition) is 1. The number of allylic oxidation sites excluding steroid dienone is 1. The van der Waals surface area contributed by atoms with E-state index in [1.807, 2.05) is 6.08 Å². The maximum Gasteiger partial charge on any atom is 0.106 e. The van der Waals surface area contributed by atoms with Gasteiger partial charge in [-0.15, -0.1) is 0 Å². The van der Waals surface area contributed by atoms with Crippen molar-refractivity contribution in [2.24, 2.45) is 0 Å². The summed E-state index contributed by atoms with van der Waals surface area (Å²) in [5, 5.41) is 3.10. The minimum absolute atomic E-state index is 0.793. The van der Waals surface area contributed by atoms with Crippen LogP contribution in [0.15, 0.2) is 36.5 Å². The average molecular weight is 165 g/mol.